The number of nitrogens with one attached hydrogen (secondary N) is 1. The first kappa shape index (κ1) is 27.8. The van der Waals surface area contributed by atoms with Crippen LogP contribution in [-0.2, 0) is 5.66 Å². The number of ether oxygens (including phenoxy) is 1. The van der Waals surface area contributed by atoms with Crippen molar-refractivity contribution in [1.29, 1.82) is 0 Å². The Morgan fingerprint density at radius 2 is 1.85 bits per heavy atom. The molecule has 1 aliphatic carbocycles. The Bertz CT molecular complexity index is 1470. The van der Waals surface area contributed by atoms with E-state index >= 15 is 0 Å². The second-order valence-corrected chi connectivity index (χ2v) is 11.0. The number of β-amino-alcohol motifs (C(OH)–C–C–N with tert-alkyl or cyclic N) is 1. The minimum atomic E-state index is -0.800. The van der Waals surface area contributed by atoms with Gasteiger partial charge in [-0.3, -0.25) is 9.59 Å². The Morgan fingerprint density at radius 1 is 1.15 bits per heavy atom. The number of rotatable bonds is 8. The van der Waals surface area contributed by atoms with Gasteiger partial charge in [0.25, 0.3) is 5.91 Å². The molecule has 1 saturated carbocycles. The summed E-state index contributed by atoms with van der Waals surface area (Å²) >= 11 is 11.6. The van der Waals surface area contributed by atoms with Crippen molar-refractivity contribution >= 4 is 40.0 Å². The minimum absolute atomic E-state index is 0.00540. The molecule has 0 radical (unpaired) electrons. The van der Waals surface area contributed by atoms with E-state index in [1.54, 1.807) is 4.57 Å². The fourth-order valence-corrected chi connectivity index (χ4v) is 5.13. The number of likely N-dealkylation sites (tertiary alicyclic amines) is 1. The van der Waals surface area contributed by atoms with Crippen LogP contribution in [0.4, 0.5) is 8.78 Å². The summed E-state index contributed by atoms with van der Waals surface area (Å²) in [7, 11) is 0. The zero-order valence-corrected chi connectivity index (χ0v) is 22.4. The first-order chi connectivity index (χ1) is 18.5. The van der Waals surface area contributed by atoms with Crippen LogP contribution in [0.15, 0.2) is 41.3 Å². The van der Waals surface area contributed by atoms with Crippen LogP contribution < -0.4 is 21.2 Å². The molecule has 2 heterocycles. The van der Waals surface area contributed by atoms with Crippen molar-refractivity contribution in [3.05, 3.63) is 74.0 Å². The fraction of sp³-hybridized carbons (Fsp3) is 0.407. The van der Waals surface area contributed by atoms with Crippen LogP contribution in [-0.4, -0.2) is 58.9 Å². The van der Waals surface area contributed by atoms with E-state index < -0.39 is 34.7 Å². The van der Waals surface area contributed by atoms with Crippen molar-refractivity contribution in [2.75, 3.05) is 26.2 Å². The van der Waals surface area contributed by atoms with Crippen molar-refractivity contribution in [3.8, 4) is 5.75 Å². The first-order valence-electron chi connectivity index (χ1n) is 12.7. The highest BCUT2D eigenvalue weighted by Crippen LogP contribution is 2.40. The molecule has 0 spiro atoms. The first-order valence-corrected chi connectivity index (χ1v) is 13.4. The van der Waals surface area contributed by atoms with Gasteiger partial charge in [0.1, 0.15) is 35.7 Å². The van der Waals surface area contributed by atoms with Gasteiger partial charge in [-0.2, -0.15) is 0 Å². The summed E-state index contributed by atoms with van der Waals surface area (Å²) in [5.74, 6) is -1.61. The van der Waals surface area contributed by atoms with Crippen LogP contribution in [0.5, 0.6) is 5.75 Å². The van der Waals surface area contributed by atoms with Gasteiger partial charge in [0.05, 0.1) is 21.2 Å². The van der Waals surface area contributed by atoms with Gasteiger partial charge in [0.15, 0.2) is 0 Å². The Hall–Kier alpha value is -2.76. The molecular formula is C27H28Cl2F2N4O4. The molecule has 2 aliphatic rings. The summed E-state index contributed by atoms with van der Waals surface area (Å²) in [6, 6.07) is 6.31. The second-order valence-electron chi connectivity index (χ2n) is 10.2. The monoisotopic (exact) mass is 580 g/mol. The van der Waals surface area contributed by atoms with Crippen LogP contribution in [0.2, 0.25) is 10.0 Å². The van der Waals surface area contributed by atoms with Gasteiger partial charge in [-0.25, -0.2) is 8.78 Å². The lowest BCUT2D eigenvalue weighted by molar-refractivity contribution is 0.0567. The normalized spacial score (nSPS) is 18.2. The third kappa shape index (κ3) is 6.05. The van der Waals surface area contributed by atoms with E-state index in [0.717, 1.165) is 12.1 Å². The molecular weight excluding hydrogens is 553 g/mol. The summed E-state index contributed by atoms with van der Waals surface area (Å²) < 4.78 is 34.9. The number of hydrogen-bond acceptors (Lipinski definition) is 6. The van der Waals surface area contributed by atoms with Crippen molar-refractivity contribution in [2.24, 2.45) is 5.73 Å². The number of aliphatic hydroxyl groups excluding tert-OH is 1. The van der Waals surface area contributed by atoms with E-state index in [-0.39, 0.29) is 39.4 Å². The highest BCUT2D eigenvalue weighted by Gasteiger charge is 2.41. The molecule has 1 aliphatic heterocycles. The van der Waals surface area contributed by atoms with Gasteiger partial charge in [0, 0.05) is 43.3 Å². The topological polar surface area (TPSA) is 110 Å². The Labute approximate surface area is 233 Å². The number of aliphatic hydroxyl groups is 1. The highest BCUT2D eigenvalue weighted by molar-refractivity contribution is 6.31. The third-order valence-corrected chi connectivity index (χ3v) is 7.85. The van der Waals surface area contributed by atoms with Gasteiger partial charge in [0.2, 0.25) is 5.43 Å². The molecule has 4 N–H and O–H groups in total. The van der Waals surface area contributed by atoms with Gasteiger partial charge < -0.3 is 30.4 Å². The van der Waals surface area contributed by atoms with Crippen molar-refractivity contribution in [3.63, 3.8) is 0 Å². The summed E-state index contributed by atoms with van der Waals surface area (Å²) in [6.07, 6.45) is 3.17. The van der Waals surface area contributed by atoms with Crippen LogP contribution in [0.1, 0.15) is 36.0 Å². The van der Waals surface area contributed by atoms with E-state index in [1.807, 2.05) is 4.90 Å². The van der Waals surface area contributed by atoms with Gasteiger partial charge in [-0.15, -0.1) is 0 Å². The van der Waals surface area contributed by atoms with Crippen molar-refractivity contribution in [2.45, 2.75) is 43.5 Å². The zero-order chi connectivity index (χ0) is 27.9. The average molecular weight is 581 g/mol. The lowest BCUT2D eigenvalue weighted by atomic mass is 10.0. The largest absolute Gasteiger partial charge is 0.491 e. The molecule has 1 atom stereocenters. The van der Waals surface area contributed by atoms with Gasteiger partial charge in [-0.05, 0) is 49.9 Å². The fourth-order valence-electron chi connectivity index (χ4n) is 4.85. The Morgan fingerprint density at radius 3 is 2.51 bits per heavy atom. The smallest absolute Gasteiger partial charge is 0.256 e. The van der Waals surface area contributed by atoms with Gasteiger partial charge >= 0.3 is 0 Å². The number of nitrogens with two attached hydrogens (primary N) is 1. The number of fused-ring (bicyclic) bond motifs is 1. The van der Waals surface area contributed by atoms with Crippen LogP contribution in [0, 0.1) is 11.6 Å². The number of carbonyl (C=O) groups excluding carboxylic acids is 1. The molecule has 1 saturated heterocycles. The van der Waals surface area contributed by atoms with Gasteiger partial charge in [-0.1, -0.05) is 23.2 Å². The Balaban J connectivity index is 1.19. The maximum absolute atomic E-state index is 14.2. The average Bonchev–Trinajstić information content (AvgIpc) is 3.65. The van der Waals surface area contributed by atoms with Crippen LogP contribution >= 0.6 is 23.2 Å². The lowest BCUT2D eigenvalue weighted by Gasteiger charge is -2.33. The summed E-state index contributed by atoms with van der Waals surface area (Å²) in [5, 5.41) is 13.2. The van der Waals surface area contributed by atoms with E-state index in [1.165, 1.54) is 24.4 Å². The van der Waals surface area contributed by atoms with E-state index in [4.69, 9.17) is 33.7 Å². The highest BCUT2D eigenvalue weighted by atomic mass is 35.5. The number of nitrogens with zero attached hydrogens (tertiary/aromatic N) is 2. The van der Waals surface area contributed by atoms with Crippen LogP contribution in [0.25, 0.3) is 10.9 Å². The summed E-state index contributed by atoms with van der Waals surface area (Å²) in [4.78, 5) is 28.4. The van der Waals surface area contributed by atoms with E-state index in [0.29, 0.717) is 50.8 Å². The molecule has 1 amide bonds. The number of hydrogen-bond donors (Lipinski definition) is 3. The standard InChI is InChI=1S/C27H28Cl2F2N4O4/c28-20-2-1-17(9-22(20)30)39-14-16(36)12-34-7-3-15(4-8-34)33-26(38)19-13-35(27(32)5-6-27)24-11-21(29)23(31)10-18(24)25(19)37/h1-2,9-11,13,15-16,36H,3-8,12,14,32H2,(H,33,38)/t16-/m1/s1. The predicted molar refractivity (Wildman–Crippen MR) is 144 cm³/mol. The summed E-state index contributed by atoms with van der Waals surface area (Å²) in [6.45, 7) is 1.55. The molecule has 208 valence electrons. The molecule has 3 aromatic rings. The molecule has 12 heteroatoms. The molecule has 1 aromatic heterocycles. The predicted octanol–water partition coefficient (Wildman–Crippen LogP) is 3.63. The number of carbonyl (C=O) groups is 1. The molecule has 0 unspecified atom stereocenters. The number of amides is 1. The number of halogens is 4. The summed E-state index contributed by atoms with van der Waals surface area (Å²) in [5.41, 5.74) is 5.34. The second kappa shape index (κ2) is 11.0. The molecule has 2 aromatic carbocycles. The number of benzene rings is 2. The quantitative estimate of drug-likeness (QED) is 0.375. The molecule has 2 fully saturated rings. The minimum Gasteiger partial charge on any atom is -0.491 e. The molecule has 39 heavy (non-hydrogen) atoms. The zero-order valence-electron chi connectivity index (χ0n) is 20.9. The Kier molecular flexibility index (Phi) is 7.85. The third-order valence-electron chi connectivity index (χ3n) is 7.26. The van der Waals surface area contributed by atoms with Crippen LogP contribution in [0.3, 0.4) is 0 Å². The SMILES string of the molecule is NC1(n2cc(C(=O)NC3CCN(C[C@@H](O)COc4ccc(Cl)c(F)c4)CC3)c(=O)c3cc(F)c(Cl)cc32)CC1. The molecule has 8 nitrogen and oxygen atoms in total. The lowest BCUT2D eigenvalue weighted by Crippen LogP contribution is -2.47. The number of pyridine rings is 1. The number of piperidine rings is 1. The molecule has 5 rings (SSSR count). The van der Waals surface area contributed by atoms with E-state index in [9.17, 15) is 23.5 Å². The maximum atomic E-state index is 14.2. The van der Waals surface area contributed by atoms with Crippen molar-refractivity contribution < 1.29 is 23.4 Å². The van der Waals surface area contributed by atoms with Crippen molar-refractivity contribution in [1.82, 2.24) is 14.8 Å². The maximum Gasteiger partial charge on any atom is 0.256 e. The van der Waals surface area contributed by atoms with E-state index in [2.05, 4.69) is 5.32 Å². The number of aromatic nitrogens is 1. The molecule has 0 bridgehead atoms.